The van der Waals surface area contributed by atoms with Crippen LogP contribution in [0.1, 0.15) is 12.5 Å². The summed E-state index contributed by atoms with van der Waals surface area (Å²) < 4.78 is 0.929. The lowest BCUT2D eigenvalue weighted by Crippen LogP contribution is -2.48. The number of rotatable bonds is 1. The van der Waals surface area contributed by atoms with Crippen molar-refractivity contribution in [2.45, 2.75) is 6.92 Å². The van der Waals surface area contributed by atoms with Crippen molar-refractivity contribution in [1.29, 1.82) is 5.26 Å². The van der Waals surface area contributed by atoms with E-state index in [1.165, 1.54) is 0 Å². The number of carbonyl (C=O) groups is 1. The van der Waals surface area contributed by atoms with Gasteiger partial charge in [0.2, 0.25) is 5.91 Å². The van der Waals surface area contributed by atoms with Gasteiger partial charge in [0.25, 0.3) is 0 Å². The molecule has 0 unspecified atom stereocenters. The Morgan fingerprint density at radius 1 is 1.33 bits per heavy atom. The van der Waals surface area contributed by atoms with E-state index in [0.717, 1.165) is 36.3 Å². The molecule has 1 aromatic rings. The van der Waals surface area contributed by atoms with Gasteiger partial charge in [-0.1, -0.05) is 0 Å². The maximum absolute atomic E-state index is 11.3. The van der Waals surface area contributed by atoms with Gasteiger partial charge in [0.05, 0.1) is 17.3 Å². The molecule has 1 heterocycles. The standard InChI is InChI=1S/C13H14BrN3O/c1-10(18)16-4-6-17(7-5-16)13-3-2-11(9-15)8-12(13)14/h2-3,8H,4-7H2,1H3. The first-order valence-electron chi connectivity index (χ1n) is 5.82. The number of carbonyl (C=O) groups excluding carboxylic acids is 1. The molecular weight excluding hydrogens is 294 g/mol. The third-order valence-electron chi connectivity index (χ3n) is 3.14. The minimum atomic E-state index is 0.133. The number of nitrogens with zero attached hydrogens (tertiary/aromatic N) is 3. The van der Waals surface area contributed by atoms with Gasteiger partial charge in [0.1, 0.15) is 0 Å². The van der Waals surface area contributed by atoms with Crippen LogP contribution in [0.4, 0.5) is 5.69 Å². The lowest BCUT2D eigenvalue weighted by molar-refractivity contribution is -0.129. The fraction of sp³-hybridized carbons (Fsp3) is 0.385. The van der Waals surface area contributed by atoms with Crippen molar-refractivity contribution in [3.05, 3.63) is 28.2 Å². The Morgan fingerprint density at radius 3 is 2.50 bits per heavy atom. The minimum Gasteiger partial charge on any atom is -0.367 e. The summed E-state index contributed by atoms with van der Waals surface area (Å²) in [6.45, 7) is 4.75. The Kier molecular flexibility index (Phi) is 3.87. The van der Waals surface area contributed by atoms with E-state index in [2.05, 4.69) is 26.9 Å². The molecule has 0 saturated carbocycles. The average Bonchev–Trinajstić information content (AvgIpc) is 2.38. The lowest BCUT2D eigenvalue weighted by Gasteiger charge is -2.36. The predicted molar refractivity (Wildman–Crippen MR) is 73.3 cm³/mol. The average molecular weight is 308 g/mol. The summed E-state index contributed by atoms with van der Waals surface area (Å²) in [7, 11) is 0. The second-order valence-corrected chi connectivity index (χ2v) is 5.13. The molecule has 0 aromatic heterocycles. The highest BCUT2D eigenvalue weighted by Gasteiger charge is 2.20. The van der Waals surface area contributed by atoms with Crippen LogP contribution in [0, 0.1) is 11.3 Å². The van der Waals surface area contributed by atoms with E-state index in [-0.39, 0.29) is 5.91 Å². The van der Waals surface area contributed by atoms with E-state index < -0.39 is 0 Å². The number of hydrogen-bond acceptors (Lipinski definition) is 3. The third-order valence-corrected chi connectivity index (χ3v) is 3.78. The van der Waals surface area contributed by atoms with Crippen LogP contribution in [0.5, 0.6) is 0 Å². The largest absolute Gasteiger partial charge is 0.367 e. The number of piperazine rings is 1. The lowest BCUT2D eigenvalue weighted by atomic mass is 10.2. The quantitative estimate of drug-likeness (QED) is 0.797. The minimum absolute atomic E-state index is 0.133. The smallest absolute Gasteiger partial charge is 0.219 e. The third kappa shape index (κ3) is 2.65. The van der Waals surface area contributed by atoms with Crippen molar-refractivity contribution in [3.8, 4) is 6.07 Å². The molecule has 18 heavy (non-hydrogen) atoms. The van der Waals surface area contributed by atoms with Crippen LogP contribution in [-0.4, -0.2) is 37.0 Å². The maximum atomic E-state index is 11.3. The van der Waals surface area contributed by atoms with Crippen LogP contribution in [0.2, 0.25) is 0 Å². The summed E-state index contributed by atoms with van der Waals surface area (Å²) in [5, 5.41) is 8.83. The number of amides is 1. The second-order valence-electron chi connectivity index (χ2n) is 4.27. The number of hydrogen-bond donors (Lipinski definition) is 0. The van der Waals surface area contributed by atoms with E-state index in [1.807, 2.05) is 23.1 Å². The van der Waals surface area contributed by atoms with E-state index in [9.17, 15) is 4.79 Å². The summed E-state index contributed by atoms with van der Waals surface area (Å²) in [6, 6.07) is 7.71. The van der Waals surface area contributed by atoms with E-state index in [0.29, 0.717) is 5.56 Å². The zero-order valence-electron chi connectivity index (χ0n) is 10.2. The molecule has 1 fully saturated rings. The SMILES string of the molecule is CC(=O)N1CCN(c2ccc(C#N)cc2Br)CC1. The molecule has 1 aliphatic heterocycles. The predicted octanol–water partition coefficient (Wildman–Crippen LogP) is 1.99. The van der Waals surface area contributed by atoms with Crippen molar-refractivity contribution in [2.24, 2.45) is 0 Å². The summed E-state index contributed by atoms with van der Waals surface area (Å²) >= 11 is 3.49. The van der Waals surface area contributed by atoms with Crippen LogP contribution >= 0.6 is 15.9 Å². The van der Waals surface area contributed by atoms with Gasteiger partial charge in [0.15, 0.2) is 0 Å². The van der Waals surface area contributed by atoms with Crippen LogP contribution < -0.4 is 4.90 Å². The molecule has 0 spiro atoms. The first-order valence-corrected chi connectivity index (χ1v) is 6.61. The molecular formula is C13H14BrN3O. The highest BCUT2D eigenvalue weighted by Crippen LogP contribution is 2.28. The fourth-order valence-corrected chi connectivity index (χ4v) is 2.72. The molecule has 4 nitrogen and oxygen atoms in total. The first kappa shape index (κ1) is 12.9. The van der Waals surface area contributed by atoms with Crippen LogP contribution in [-0.2, 0) is 4.79 Å². The van der Waals surface area contributed by atoms with Crippen LogP contribution in [0.25, 0.3) is 0 Å². The summed E-state index contributed by atoms with van der Waals surface area (Å²) in [5.74, 6) is 0.133. The molecule has 0 N–H and O–H groups in total. The Morgan fingerprint density at radius 2 is 2.00 bits per heavy atom. The summed E-state index contributed by atoms with van der Waals surface area (Å²) in [5.41, 5.74) is 1.73. The molecule has 1 aromatic carbocycles. The van der Waals surface area contributed by atoms with Gasteiger partial charge in [-0.3, -0.25) is 4.79 Å². The highest BCUT2D eigenvalue weighted by atomic mass is 79.9. The summed E-state index contributed by atoms with van der Waals surface area (Å²) in [4.78, 5) is 15.3. The number of halogens is 1. The molecule has 1 aliphatic rings. The zero-order valence-corrected chi connectivity index (χ0v) is 11.8. The van der Waals surface area contributed by atoms with Gasteiger partial charge in [-0.05, 0) is 34.1 Å². The van der Waals surface area contributed by atoms with E-state index in [1.54, 1.807) is 6.92 Å². The van der Waals surface area contributed by atoms with Gasteiger partial charge < -0.3 is 9.80 Å². The van der Waals surface area contributed by atoms with Gasteiger partial charge in [-0.25, -0.2) is 0 Å². The summed E-state index contributed by atoms with van der Waals surface area (Å²) in [6.07, 6.45) is 0. The second kappa shape index (κ2) is 5.40. The van der Waals surface area contributed by atoms with Crippen LogP contribution in [0.3, 0.4) is 0 Å². The van der Waals surface area contributed by atoms with Crippen molar-refractivity contribution >= 4 is 27.5 Å². The number of anilines is 1. The van der Waals surface area contributed by atoms with Crippen molar-refractivity contribution in [2.75, 3.05) is 31.1 Å². The molecule has 5 heteroatoms. The molecule has 0 radical (unpaired) electrons. The Hall–Kier alpha value is -1.54. The molecule has 2 rings (SSSR count). The van der Waals surface area contributed by atoms with E-state index in [4.69, 9.17) is 5.26 Å². The highest BCUT2D eigenvalue weighted by molar-refractivity contribution is 9.10. The van der Waals surface area contributed by atoms with Crippen molar-refractivity contribution < 1.29 is 4.79 Å². The molecule has 94 valence electrons. The van der Waals surface area contributed by atoms with E-state index >= 15 is 0 Å². The zero-order chi connectivity index (χ0) is 13.1. The van der Waals surface area contributed by atoms with Gasteiger partial charge >= 0.3 is 0 Å². The molecule has 0 bridgehead atoms. The van der Waals surface area contributed by atoms with Crippen LogP contribution in [0.15, 0.2) is 22.7 Å². The Bertz CT molecular complexity index is 501. The number of nitriles is 1. The molecule has 1 saturated heterocycles. The number of benzene rings is 1. The first-order chi connectivity index (χ1) is 8.61. The Balaban J connectivity index is 2.10. The molecule has 0 aliphatic carbocycles. The monoisotopic (exact) mass is 307 g/mol. The van der Waals surface area contributed by atoms with Gasteiger partial charge in [-0.15, -0.1) is 0 Å². The maximum Gasteiger partial charge on any atom is 0.219 e. The normalized spacial score (nSPS) is 15.4. The Labute approximate surface area is 115 Å². The topological polar surface area (TPSA) is 47.3 Å². The van der Waals surface area contributed by atoms with Gasteiger partial charge in [0, 0.05) is 37.6 Å². The molecule has 0 atom stereocenters. The van der Waals surface area contributed by atoms with Gasteiger partial charge in [-0.2, -0.15) is 5.26 Å². The van der Waals surface area contributed by atoms with Crippen molar-refractivity contribution in [3.63, 3.8) is 0 Å². The van der Waals surface area contributed by atoms with Crippen molar-refractivity contribution in [1.82, 2.24) is 4.90 Å². The fourth-order valence-electron chi connectivity index (χ4n) is 2.10. The molecule has 1 amide bonds.